The SMILES string of the molecule is Cc1nc(C)c(C(=O)Nc2ccc(-c3ccc(N4CCCCC4)nn3)cc2)s1. The van der Waals surface area contributed by atoms with Crippen LogP contribution in [0.5, 0.6) is 0 Å². The fourth-order valence-electron chi connectivity index (χ4n) is 3.43. The Morgan fingerprint density at radius 3 is 2.36 bits per heavy atom. The Labute approximate surface area is 168 Å². The van der Waals surface area contributed by atoms with Crippen molar-refractivity contribution in [2.24, 2.45) is 0 Å². The lowest BCUT2D eigenvalue weighted by Crippen LogP contribution is -2.30. The largest absolute Gasteiger partial charge is 0.355 e. The van der Waals surface area contributed by atoms with E-state index in [0.717, 1.165) is 46.6 Å². The zero-order valence-electron chi connectivity index (χ0n) is 16.1. The molecule has 6 nitrogen and oxygen atoms in total. The van der Waals surface area contributed by atoms with Gasteiger partial charge in [0.2, 0.25) is 0 Å². The number of carbonyl (C=O) groups excluding carboxylic acids is 1. The van der Waals surface area contributed by atoms with Gasteiger partial charge in [-0.3, -0.25) is 4.79 Å². The summed E-state index contributed by atoms with van der Waals surface area (Å²) in [5, 5.41) is 12.6. The standard InChI is InChI=1S/C21H23N5OS/c1-14-20(28-15(2)22-14)21(27)23-17-8-6-16(7-9-17)18-10-11-19(25-24-18)26-12-4-3-5-13-26/h6-11H,3-5,12-13H2,1-2H3,(H,23,27). The summed E-state index contributed by atoms with van der Waals surface area (Å²) in [5.74, 6) is 0.823. The molecule has 1 aromatic carbocycles. The van der Waals surface area contributed by atoms with Crippen molar-refractivity contribution in [3.05, 3.63) is 52.0 Å². The van der Waals surface area contributed by atoms with E-state index < -0.39 is 0 Å². The smallest absolute Gasteiger partial charge is 0.267 e. The second kappa shape index (κ2) is 8.06. The summed E-state index contributed by atoms with van der Waals surface area (Å²) in [4.78, 5) is 19.7. The Morgan fingerprint density at radius 2 is 1.75 bits per heavy atom. The molecular formula is C21H23N5OS. The molecule has 3 heterocycles. The number of aromatic nitrogens is 3. The van der Waals surface area contributed by atoms with Gasteiger partial charge >= 0.3 is 0 Å². The van der Waals surface area contributed by atoms with Gasteiger partial charge in [-0.2, -0.15) is 0 Å². The van der Waals surface area contributed by atoms with Gasteiger partial charge in [0.1, 0.15) is 4.88 Å². The molecule has 1 amide bonds. The van der Waals surface area contributed by atoms with Crippen molar-refractivity contribution in [1.29, 1.82) is 0 Å². The van der Waals surface area contributed by atoms with Crippen LogP contribution in [-0.4, -0.2) is 34.2 Å². The van der Waals surface area contributed by atoms with E-state index in [-0.39, 0.29) is 5.91 Å². The number of hydrogen-bond donors (Lipinski definition) is 1. The fraction of sp³-hybridized carbons (Fsp3) is 0.333. The van der Waals surface area contributed by atoms with E-state index in [1.807, 2.05) is 50.2 Å². The lowest BCUT2D eigenvalue weighted by Gasteiger charge is -2.27. The summed E-state index contributed by atoms with van der Waals surface area (Å²) >= 11 is 1.41. The number of thiazole rings is 1. The van der Waals surface area contributed by atoms with E-state index >= 15 is 0 Å². The van der Waals surface area contributed by atoms with E-state index in [4.69, 9.17) is 0 Å². The van der Waals surface area contributed by atoms with Gasteiger partial charge in [-0.1, -0.05) is 12.1 Å². The van der Waals surface area contributed by atoms with Gasteiger partial charge in [0.05, 0.1) is 16.4 Å². The van der Waals surface area contributed by atoms with Crippen LogP contribution in [0.2, 0.25) is 0 Å². The number of piperidine rings is 1. The number of benzene rings is 1. The van der Waals surface area contributed by atoms with Crippen molar-refractivity contribution in [2.75, 3.05) is 23.3 Å². The van der Waals surface area contributed by atoms with E-state index in [1.165, 1.54) is 30.6 Å². The molecule has 1 aliphatic rings. The minimum atomic E-state index is -0.124. The molecule has 1 N–H and O–H groups in total. The summed E-state index contributed by atoms with van der Waals surface area (Å²) < 4.78 is 0. The fourth-order valence-corrected chi connectivity index (χ4v) is 4.24. The number of carbonyl (C=O) groups is 1. The number of aryl methyl sites for hydroxylation is 2. The normalized spacial score (nSPS) is 14.1. The molecule has 1 aliphatic heterocycles. The molecule has 1 saturated heterocycles. The van der Waals surface area contributed by atoms with Crippen LogP contribution in [-0.2, 0) is 0 Å². The molecule has 2 aromatic heterocycles. The van der Waals surface area contributed by atoms with Crippen molar-refractivity contribution in [3.63, 3.8) is 0 Å². The highest BCUT2D eigenvalue weighted by Crippen LogP contribution is 2.23. The average Bonchev–Trinajstić information content (AvgIpc) is 3.07. The van der Waals surface area contributed by atoms with Gasteiger partial charge in [0.25, 0.3) is 5.91 Å². The number of hydrogen-bond acceptors (Lipinski definition) is 6. The lowest BCUT2D eigenvalue weighted by molar-refractivity contribution is 0.103. The molecule has 0 atom stereocenters. The zero-order valence-corrected chi connectivity index (χ0v) is 16.9. The quantitative estimate of drug-likeness (QED) is 0.709. The number of nitrogens with one attached hydrogen (secondary N) is 1. The van der Waals surface area contributed by atoms with Gasteiger partial charge in [-0.05, 0) is 57.4 Å². The minimum Gasteiger partial charge on any atom is -0.355 e. The van der Waals surface area contributed by atoms with E-state index in [2.05, 4.69) is 25.4 Å². The Kier molecular flexibility index (Phi) is 5.34. The van der Waals surface area contributed by atoms with Crippen LogP contribution >= 0.6 is 11.3 Å². The minimum absolute atomic E-state index is 0.124. The maximum absolute atomic E-state index is 12.4. The molecule has 1 fully saturated rings. The molecule has 7 heteroatoms. The summed E-state index contributed by atoms with van der Waals surface area (Å²) in [6.45, 7) is 5.87. The van der Waals surface area contributed by atoms with E-state index in [9.17, 15) is 4.79 Å². The van der Waals surface area contributed by atoms with Crippen LogP contribution in [0.25, 0.3) is 11.3 Å². The van der Waals surface area contributed by atoms with Crippen LogP contribution in [0.4, 0.5) is 11.5 Å². The van der Waals surface area contributed by atoms with Crippen molar-refractivity contribution in [3.8, 4) is 11.3 Å². The highest BCUT2D eigenvalue weighted by atomic mass is 32.1. The van der Waals surface area contributed by atoms with Crippen LogP contribution in [0.15, 0.2) is 36.4 Å². The highest BCUT2D eigenvalue weighted by molar-refractivity contribution is 7.13. The predicted molar refractivity (Wildman–Crippen MR) is 113 cm³/mol. The number of rotatable bonds is 4. The third-order valence-corrected chi connectivity index (χ3v) is 5.95. The Bertz CT molecular complexity index is 959. The number of amides is 1. The molecule has 144 valence electrons. The average molecular weight is 394 g/mol. The first kappa shape index (κ1) is 18.6. The maximum atomic E-state index is 12.4. The third kappa shape index (κ3) is 4.04. The Balaban J connectivity index is 1.44. The highest BCUT2D eigenvalue weighted by Gasteiger charge is 2.15. The lowest BCUT2D eigenvalue weighted by atomic mass is 10.1. The second-order valence-corrected chi connectivity index (χ2v) is 8.21. The van der Waals surface area contributed by atoms with Crippen LogP contribution in [0.1, 0.15) is 39.6 Å². The Hall–Kier alpha value is -2.80. The predicted octanol–water partition coefficient (Wildman–Crippen LogP) is 4.46. The first-order valence-electron chi connectivity index (χ1n) is 9.54. The van der Waals surface area contributed by atoms with Crippen molar-refractivity contribution in [2.45, 2.75) is 33.1 Å². The monoisotopic (exact) mass is 393 g/mol. The Morgan fingerprint density at radius 1 is 1.00 bits per heavy atom. The van der Waals surface area contributed by atoms with Crippen LogP contribution in [0.3, 0.4) is 0 Å². The molecule has 0 saturated carbocycles. The molecule has 4 rings (SSSR count). The van der Waals surface area contributed by atoms with E-state index in [0.29, 0.717) is 4.88 Å². The molecule has 0 radical (unpaired) electrons. The number of anilines is 2. The summed E-state index contributed by atoms with van der Waals surface area (Å²) in [7, 11) is 0. The molecule has 0 aliphatic carbocycles. The summed E-state index contributed by atoms with van der Waals surface area (Å²) in [6.07, 6.45) is 3.74. The van der Waals surface area contributed by atoms with Gasteiger partial charge in [0.15, 0.2) is 5.82 Å². The van der Waals surface area contributed by atoms with Crippen LogP contribution in [0, 0.1) is 13.8 Å². The van der Waals surface area contributed by atoms with Crippen molar-refractivity contribution in [1.82, 2.24) is 15.2 Å². The molecule has 0 bridgehead atoms. The molecule has 3 aromatic rings. The van der Waals surface area contributed by atoms with Gasteiger partial charge in [-0.25, -0.2) is 4.98 Å². The van der Waals surface area contributed by atoms with Crippen LogP contribution < -0.4 is 10.2 Å². The summed E-state index contributed by atoms with van der Waals surface area (Å²) in [5.41, 5.74) is 3.31. The third-order valence-electron chi connectivity index (χ3n) is 4.88. The van der Waals surface area contributed by atoms with Gasteiger partial charge in [-0.15, -0.1) is 21.5 Å². The zero-order chi connectivity index (χ0) is 19.5. The summed E-state index contributed by atoms with van der Waals surface area (Å²) in [6, 6.07) is 11.7. The maximum Gasteiger partial charge on any atom is 0.267 e. The topological polar surface area (TPSA) is 71.0 Å². The molecule has 0 spiro atoms. The number of nitrogens with zero attached hydrogens (tertiary/aromatic N) is 4. The van der Waals surface area contributed by atoms with Gasteiger partial charge < -0.3 is 10.2 Å². The first-order chi connectivity index (χ1) is 13.6. The molecule has 28 heavy (non-hydrogen) atoms. The molecular weight excluding hydrogens is 370 g/mol. The second-order valence-electron chi connectivity index (χ2n) is 7.00. The van der Waals surface area contributed by atoms with Crippen molar-refractivity contribution < 1.29 is 4.79 Å². The molecule has 0 unspecified atom stereocenters. The van der Waals surface area contributed by atoms with Crippen molar-refractivity contribution >= 4 is 28.7 Å². The van der Waals surface area contributed by atoms with Gasteiger partial charge in [0, 0.05) is 24.3 Å². The first-order valence-corrected chi connectivity index (χ1v) is 10.4. The van der Waals surface area contributed by atoms with E-state index in [1.54, 1.807) is 0 Å².